The number of carbonyl (C=O) groups excluding carboxylic acids is 3. The number of hydrogen-bond acceptors (Lipinski definition) is 6. The fourth-order valence-corrected chi connectivity index (χ4v) is 4.94. The van der Waals surface area contributed by atoms with Crippen LogP contribution in [0.2, 0.25) is 0 Å². The Bertz CT molecular complexity index is 1390. The van der Waals surface area contributed by atoms with Gasteiger partial charge >= 0.3 is 0 Å². The Labute approximate surface area is 234 Å². The van der Waals surface area contributed by atoms with Crippen molar-refractivity contribution in [3.63, 3.8) is 0 Å². The molecule has 4 rings (SSSR count). The number of likely N-dealkylation sites (tertiary alicyclic amines) is 1. The number of aliphatic hydroxyl groups is 1. The van der Waals surface area contributed by atoms with Gasteiger partial charge in [0.05, 0.1) is 5.52 Å². The van der Waals surface area contributed by atoms with Gasteiger partial charge < -0.3 is 29.9 Å². The first-order chi connectivity index (χ1) is 19.3. The van der Waals surface area contributed by atoms with E-state index >= 15 is 0 Å². The fraction of sp³-hybridized carbons (Fsp3) is 0.400. The summed E-state index contributed by atoms with van der Waals surface area (Å²) in [5, 5.41) is 15.2. The van der Waals surface area contributed by atoms with Crippen LogP contribution in [-0.4, -0.2) is 69.1 Å². The summed E-state index contributed by atoms with van der Waals surface area (Å²) >= 11 is 0. The molecule has 3 heterocycles. The Kier molecular flexibility index (Phi) is 9.21. The van der Waals surface area contributed by atoms with Crippen molar-refractivity contribution in [3.8, 4) is 5.75 Å². The zero-order chi connectivity index (χ0) is 28.8. The highest BCUT2D eigenvalue weighted by atomic mass is 16.5. The van der Waals surface area contributed by atoms with Crippen LogP contribution in [0.25, 0.3) is 11.0 Å². The summed E-state index contributed by atoms with van der Waals surface area (Å²) in [6.07, 6.45) is 3.02. The maximum Gasteiger partial charge on any atom is 0.272 e. The predicted molar refractivity (Wildman–Crippen MR) is 154 cm³/mol. The lowest BCUT2D eigenvalue weighted by Crippen LogP contribution is -2.47. The molecule has 3 amide bonds. The first-order valence-corrected chi connectivity index (χ1v) is 13.7. The minimum Gasteiger partial charge on any atom is -0.482 e. The average molecular weight is 548 g/mol. The van der Waals surface area contributed by atoms with Crippen molar-refractivity contribution in [1.29, 1.82) is 0 Å². The van der Waals surface area contributed by atoms with Gasteiger partial charge in [-0.3, -0.25) is 14.4 Å². The number of benzene rings is 1. The Morgan fingerprint density at radius 2 is 1.88 bits per heavy atom. The second kappa shape index (κ2) is 12.8. The minimum atomic E-state index is -0.518. The van der Waals surface area contributed by atoms with Crippen LogP contribution in [0.1, 0.15) is 60.0 Å². The Morgan fingerprint density at radius 1 is 1.18 bits per heavy atom. The van der Waals surface area contributed by atoms with Crippen LogP contribution >= 0.6 is 0 Å². The van der Waals surface area contributed by atoms with Crippen LogP contribution in [0, 0.1) is 0 Å². The van der Waals surface area contributed by atoms with E-state index in [4.69, 9.17) is 14.8 Å². The Balaban J connectivity index is 1.72. The number of amides is 3. The summed E-state index contributed by atoms with van der Waals surface area (Å²) in [6.45, 7) is 10.5. The third-order valence-electron chi connectivity index (χ3n) is 7.21. The van der Waals surface area contributed by atoms with Crippen molar-refractivity contribution in [1.82, 2.24) is 19.8 Å². The number of aliphatic hydroxyl groups excluding tert-OH is 1. The molecular formula is C30H37N5O5. The molecule has 1 saturated heterocycles. The van der Waals surface area contributed by atoms with Crippen LogP contribution in [0.4, 0.5) is 5.82 Å². The molecule has 0 aliphatic carbocycles. The van der Waals surface area contributed by atoms with Crippen LogP contribution in [-0.2, 0) is 17.8 Å². The van der Waals surface area contributed by atoms with Gasteiger partial charge in [0.25, 0.3) is 11.8 Å². The van der Waals surface area contributed by atoms with Crippen LogP contribution in [0.5, 0.6) is 5.75 Å². The van der Waals surface area contributed by atoms with Gasteiger partial charge in [0.2, 0.25) is 5.91 Å². The van der Waals surface area contributed by atoms with Gasteiger partial charge in [-0.1, -0.05) is 37.8 Å². The summed E-state index contributed by atoms with van der Waals surface area (Å²) in [6, 6.07) is 10.7. The van der Waals surface area contributed by atoms with Crippen molar-refractivity contribution in [2.75, 3.05) is 25.0 Å². The summed E-state index contributed by atoms with van der Waals surface area (Å²) in [4.78, 5) is 45.0. The number of ether oxygens (including phenoxy) is 1. The molecule has 1 aromatic carbocycles. The second-order valence-corrected chi connectivity index (χ2v) is 9.80. The molecule has 3 aromatic rings. The zero-order valence-corrected chi connectivity index (χ0v) is 23.3. The summed E-state index contributed by atoms with van der Waals surface area (Å²) in [7, 11) is 0. The smallest absolute Gasteiger partial charge is 0.272 e. The lowest BCUT2D eigenvalue weighted by Gasteiger charge is -2.32. The molecule has 0 radical (unpaired) electrons. The molecular weight excluding hydrogens is 510 g/mol. The van der Waals surface area contributed by atoms with Gasteiger partial charge in [-0.2, -0.15) is 0 Å². The molecule has 1 atom stereocenters. The summed E-state index contributed by atoms with van der Waals surface area (Å²) in [5.41, 5.74) is 2.91. The van der Waals surface area contributed by atoms with Gasteiger partial charge in [0.1, 0.15) is 24.0 Å². The van der Waals surface area contributed by atoms with Gasteiger partial charge in [-0.25, -0.2) is 4.98 Å². The fourth-order valence-electron chi connectivity index (χ4n) is 4.94. The van der Waals surface area contributed by atoms with E-state index in [9.17, 15) is 14.4 Å². The van der Waals surface area contributed by atoms with Crippen LogP contribution in [0.3, 0.4) is 0 Å². The number of aryl methyl sites for hydroxylation is 2. The number of aromatic nitrogens is 2. The lowest BCUT2D eigenvalue weighted by molar-refractivity contribution is -0.135. The maximum atomic E-state index is 13.8. The van der Waals surface area contributed by atoms with Gasteiger partial charge in [0, 0.05) is 31.2 Å². The summed E-state index contributed by atoms with van der Waals surface area (Å²) in [5.74, 6) is -0.138. The molecule has 0 spiro atoms. The van der Waals surface area contributed by atoms with E-state index in [1.165, 1.54) is 0 Å². The van der Waals surface area contributed by atoms with E-state index in [1.807, 2.05) is 37.5 Å². The first-order valence-electron chi connectivity index (χ1n) is 13.7. The standard InChI is InChI=1S/C30H37N5O5/c1-5-19(4)40-27-25-23(17-20(6-2)28(32-25)33-29(38)21-11-9-8-10-12-21)35(7-3)26(27)30(39)31-22-13-15-34(16-14-22)24(37)18-36/h5,8-12,17,19,22,36H,1,6-7,13-16,18H2,2-4H3,(H,31,39)(H,32,33,38). The SMILES string of the molecule is C=CC(C)Oc1c(C(=O)NC2CCN(C(=O)CO)CC2)n(CC)c2cc(CC)c(NC(=O)c3ccccc3)nc12. The Morgan fingerprint density at radius 3 is 2.48 bits per heavy atom. The van der Waals surface area contributed by atoms with E-state index < -0.39 is 12.7 Å². The van der Waals surface area contributed by atoms with Crippen molar-refractivity contribution in [2.24, 2.45) is 0 Å². The molecule has 212 valence electrons. The molecule has 0 saturated carbocycles. The van der Waals surface area contributed by atoms with E-state index in [-0.39, 0.29) is 23.8 Å². The number of fused-ring (bicyclic) bond motifs is 1. The number of piperidine rings is 1. The third kappa shape index (κ3) is 6.02. The number of nitrogens with zero attached hydrogens (tertiary/aromatic N) is 3. The van der Waals surface area contributed by atoms with E-state index in [2.05, 4.69) is 17.2 Å². The van der Waals surface area contributed by atoms with E-state index in [0.29, 0.717) is 67.2 Å². The lowest BCUT2D eigenvalue weighted by atomic mass is 10.0. The molecule has 1 unspecified atom stereocenters. The predicted octanol–water partition coefficient (Wildman–Crippen LogP) is 3.54. The minimum absolute atomic E-state index is 0.136. The molecule has 10 heteroatoms. The highest BCUT2D eigenvalue weighted by Crippen LogP contribution is 2.36. The highest BCUT2D eigenvalue weighted by Gasteiger charge is 2.30. The molecule has 0 bridgehead atoms. The zero-order valence-electron chi connectivity index (χ0n) is 23.3. The molecule has 3 N–H and O–H groups in total. The quantitative estimate of drug-likeness (QED) is 0.334. The number of nitrogens with one attached hydrogen (secondary N) is 2. The maximum absolute atomic E-state index is 13.8. The average Bonchev–Trinajstić information content (AvgIpc) is 3.28. The topological polar surface area (TPSA) is 126 Å². The number of pyridine rings is 1. The van der Waals surface area contributed by atoms with Crippen LogP contribution in [0.15, 0.2) is 49.1 Å². The molecule has 40 heavy (non-hydrogen) atoms. The Hall–Kier alpha value is -4.18. The van der Waals surface area contributed by atoms with Gasteiger partial charge in [-0.15, -0.1) is 0 Å². The van der Waals surface area contributed by atoms with E-state index in [1.54, 1.807) is 35.2 Å². The molecule has 10 nitrogen and oxygen atoms in total. The first kappa shape index (κ1) is 28.8. The number of hydrogen-bond donors (Lipinski definition) is 3. The third-order valence-corrected chi connectivity index (χ3v) is 7.21. The normalized spacial score (nSPS) is 14.6. The van der Waals surface area contributed by atoms with E-state index in [0.717, 1.165) is 11.1 Å². The molecule has 1 aliphatic rings. The largest absolute Gasteiger partial charge is 0.482 e. The molecule has 1 fully saturated rings. The number of rotatable bonds is 10. The number of anilines is 1. The van der Waals surface area contributed by atoms with Crippen molar-refractivity contribution in [2.45, 2.75) is 58.7 Å². The number of carbonyl (C=O) groups is 3. The van der Waals surface area contributed by atoms with Gasteiger partial charge in [-0.05, 0) is 56.9 Å². The van der Waals surface area contributed by atoms with Crippen LogP contribution < -0.4 is 15.4 Å². The van der Waals surface area contributed by atoms with Crippen molar-refractivity contribution < 1.29 is 24.2 Å². The monoisotopic (exact) mass is 547 g/mol. The summed E-state index contributed by atoms with van der Waals surface area (Å²) < 4.78 is 8.11. The highest BCUT2D eigenvalue weighted by molar-refractivity contribution is 6.06. The molecule has 1 aliphatic heterocycles. The van der Waals surface area contributed by atoms with Crippen molar-refractivity contribution in [3.05, 3.63) is 65.9 Å². The van der Waals surface area contributed by atoms with Crippen molar-refractivity contribution >= 4 is 34.6 Å². The molecule has 2 aromatic heterocycles. The van der Waals surface area contributed by atoms with Gasteiger partial charge in [0.15, 0.2) is 11.4 Å². The second-order valence-electron chi connectivity index (χ2n) is 9.80.